The zero-order valence-electron chi connectivity index (χ0n) is 11.9. The molecule has 2 saturated heterocycles. The van der Waals surface area contributed by atoms with Crippen LogP contribution in [-0.2, 0) is 11.5 Å². The molecular weight excluding hydrogens is 289 g/mol. The molecule has 2 aliphatic rings. The molecule has 3 rings (SSSR count). The van der Waals surface area contributed by atoms with E-state index in [1.807, 2.05) is 6.07 Å². The Morgan fingerprint density at radius 2 is 2.18 bits per heavy atom. The molecule has 1 aromatic carbocycles. The average Bonchev–Trinajstić information content (AvgIpc) is 3.00. The van der Waals surface area contributed by atoms with Crippen molar-refractivity contribution in [3.63, 3.8) is 0 Å². The standard InChI is InChI=1S/C15H14FN3O3/c1-8-10(6-16)9(7-17)2-3-11(8)19-14(21)13-12(20)4-5-18(13)15(19)22/h2-3,12-13,20H,4-6H2,1H3/t12-,13?/m0/s1. The first kappa shape index (κ1) is 14.5. The number of alkyl halides is 1. The maximum absolute atomic E-state index is 13.2. The number of nitriles is 1. The third-order valence-corrected chi connectivity index (χ3v) is 4.34. The van der Waals surface area contributed by atoms with Crippen molar-refractivity contribution < 1.29 is 19.1 Å². The van der Waals surface area contributed by atoms with E-state index in [0.29, 0.717) is 18.5 Å². The van der Waals surface area contributed by atoms with Crippen molar-refractivity contribution >= 4 is 17.6 Å². The number of hydrogen-bond acceptors (Lipinski definition) is 4. The summed E-state index contributed by atoms with van der Waals surface area (Å²) in [6.45, 7) is 1.04. The van der Waals surface area contributed by atoms with Crippen molar-refractivity contribution in [2.24, 2.45) is 0 Å². The van der Waals surface area contributed by atoms with Crippen LogP contribution in [0.1, 0.15) is 23.1 Å². The number of halogens is 1. The van der Waals surface area contributed by atoms with Gasteiger partial charge in [0.05, 0.1) is 23.4 Å². The second-order valence-electron chi connectivity index (χ2n) is 5.43. The quantitative estimate of drug-likeness (QED) is 0.833. The SMILES string of the molecule is Cc1c(N2C(=O)C3[C@@H](O)CCN3C2=O)ccc(C#N)c1CF. The number of hydrogen-bond donors (Lipinski definition) is 1. The zero-order chi connectivity index (χ0) is 16.0. The molecule has 1 N–H and O–H groups in total. The van der Waals surface area contributed by atoms with Gasteiger partial charge in [-0.3, -0.25) is 4.79 Å². The summed E-state index contributed by atoms with van der Waals surface area (Å²) < 4.78 is 13.2. The van der Waals surface area contributed by atoms with Gasteiger partial charge in [0.2, 0.25) is 0 Å². The highest BCUT2D eigenvalue weighted by molar-refractivity contribution is 6.22. The van der Waals surface area contributed by atoms with Gasteiger partial charge in [-0.1, -0.05) is 0 Å². The molecule has 2 atom stereocenters. The number of benzene rings is 1. The normalized spacial score (nSPS) is 23.9. The number of urea groups is 1. The van der Waals surface area contributed by atoms with Crippen molar-refractivity contribution in [3.05, 3.63) is 28.8 Å². The molecule has 0 spiro atoms. The van der Waals surface area contributed by atoms with Crippen molar-refractivity contribution in [3.8, 4) is 6.07 Å². The van der Waals surface area contributed by atoms with E-state index in [4.69, 9.17) is 5.26 Å². The number of aliphatic hydroxyl groups is 1. The van der Waals surface area contributed by atoms with E-state index < -0.39 is 30.8 Å². The second-order valence-corrected chi connectivity index (χ2v) is 5.43. The van der Waals surface area contributed by atoms with Crippen LogP contribution in [0.5, 0.6) is 0 Å². The van der Waals surface area contributed by atoms with Gasteiger partial charge in [-0.15, -0.1) is 0 Å². The van der Waals surface area contributed by atoms with E-state index in [2.05, 4.69) is 0 Å². The van der Waals surface area contributed by atoms with Crippen LogP contribution in [0.15, 0.2) is 12.1 Å². The summed E-state index contributed by atoms with van der Waals surface area (Å²) in [5.41, 5.74) is 1.01. The number of carbonyl (C=O) groups excluding carboxylic acids is 2. The lowest BCUT2D eigenvalue weighted by atomic mass is 10.0. The first-order valence-electron chi connectivity index (χ1n) is 6.92. The van der Waals surface area contributed by atoms with Crippen molar-refractivity contribution in [2.75, 3.05) is 11.4 Å². The molecule has 7 heteroatoms. The third-order valence-electron chi connectivity index (χ3n) is 4.34. The Bertz CT molecular complexity index is 713. The fraction of sp³-hybridized carbons (Fsp3) is 0.400. The number of anilines is 1. The van der Waals surface area contributed by atoms with Crippen LogP contribution in [-0.4, -0.2) is 40.6 Å². The monoisotopic (exact) mass is 303 g/mol. The number of carbonyl (C=O) groups is 2. The summed E-state index contributed by atoms with van der Waals surface area (Å²) in [6.07, 6.45) is -0.501. The van der Waals surface area contributed by atoms with Gasteiger partial charge in [0.1, 0.15) is 12.7 Å². The molecule has 3 amide bonds. The topological polar surface area (TPSA) is 84.6 Å². The van der Waals surface area contributed by atoms with Crippen LogP contribution < -0.4 is 4.90 Å². The second kappa shape index (κ2) is 5.07. The van der Waals surface area contributed by atoms with Gasteiger partial charge in [0.25, 0.3) is 5.91 Å². The van der Waals surface area contributed by atoms with Gasteiger partial charge < -0.3 is 10.0 Å². The molecule has 1 aromatic rings. The Labute approximate surface area is 126 Å². The van der Waals surface area contributed by atoms with E-state index in [9.17, 15) is 19.1 Å². The molecule has 0 saturated carbocycles. The fourth-order valence-electron chi connectivity index (χ4n) is 3.13. The Kier molecular flexibility index (Phi) is 3.34. The summed E-state index contributed by atoms with van der Waals surface area (Å²) in [4.78, 5) is 27.2. The number of fused-ring (bicyclic) bond motifs is 1. The molecular formula is C15H14FN3O3. The number of nitrogens with zero attached hydrogens (tertiary/aromatic N) is 3. The molecule has 2 fully saturated rings. The molecule has 22 heavy (non-hydrogen) atoms. The van der Waals surface area contributed by atoms with Crippen molar-refractivity contribution in [2.45, 2.75) is 32.2 Å². The molecule has 2 heterocycles. The first-order chi connectivity index (χ1) is 10.5. The number of aliphatic hydroxyl groups excluding tert-OH is 1. The molecule has 0 radical (unpaired) electrons. The summed E-state index contributed by atoms with van der Waals surface area (Å²) in [5.74, 6) is -0.507. The molecule has 6 nitrogen and oxygen atoms in total. The fourth-order valence-corrected chi connectivity index (χ4v) is 3.13. The van der Waals surface area contributed by atoms with Gasteiger partial charge >= 0.3 is 6.03 Å². The third kappa shape index (κ3) is 1.81. The minimum Gasteiger partial charge on any atom is -0.390 e. The van der Waals surface area contributed by atoms with Gasteiger partial charge in [-0.05, 0) is 31.0 Å². The molecule has 1 unspecified atom stereocenters. The molecule has 2 aliphatic heterocycles. The predicted octanol–water partition coefficient (Wildman–Crippen LogP) is 1.24. The molecule has 0 aromatic heterocycles. The highest BCUT2D eigenvalue weighted by Crippen LogP contribution is 2.35. The van der Waals surface area contributed by atoms with Crippen molar-refractivity contribution in [1.29, 1.82) is 5.26 Å². The van der Waals surface area contributed by atoms with Crippen LogP contribution >= 0.6 is 0 Å². The molecule has 0 aliphatic carbocycles. The lowest BCUT2D eigenvalue weighted by molar-refractivity contribution is -0.121. The maximum Gasteiger partial charge on any atom is 0.332 e. The first-order valence-corrected chi connectivity index (χ1v) is 6.92. The zero-order valence-corrected chi connectivity index (χ0v) is 11.9. The Hall–Kier alpha value is -2.46. The molecule has 114 valence electrons. The lowest BCUT2D eigenvalue weighted by Gasteiger charge is -2.19. The number of rotatable bonds is 2. The summed E-state index contributed by atoms with van der Waals surface area (Å²) in [7, 11) is 0. The van der Waals surface area contributed by atoms with E-state index in [0.717, 1.165) is 4.90 Å². The van der Waals surface area contributed by atoms with Crippen molar-refractivity contribution in [1.82, 2.24) is 4.90 Å². The Morgan fingerprint density at radius 3 is 2.77 bits per heavy atom. The highest BCUT2D eigenvalue weighted by atomic mass is 19.1. The number of imide groups is 1. The van der Waals surface area contributed by atoms with Crippen LogP contribution in [0.2, 0.25) is 0 Å². The van der Waals surface area contributed by atoms with E-state index in [-0.39, 0.29) is 16.8 Å². The predicted molar refractivity (Wildman–Crippen MR) is 74.7 cm³/mol. The van der Waals surface area contributed by atoms with Crippen LogP contribution in [0.4, 0.5) is 14.9 Å². The van der Waals surface area contributed by atoms with E-state index >= 15 is 0 Å². The average molecular weight is 303 g/mol. The largest absolute Gasteiger partial charge is 0.390 e. The van der Waals surface area contributed by atoms with E-state index in [1.54, 1.807) is 6.92 Å². The smallest absolute Gasteiger partial charge is 0.332 e. The maximum atomic E-state index is 13.2. The molecule has 0 bridgehead atoms. The van der Waals surface area contributed by atoms with Gasteiger partial charge in [0.15, 0.2) is 0 Å². The summed E-state index contributed by atoms with van der Waals surface area (Å²) >= 11 is 0. The Morgan fingerprint density at radius 1 is 1.45 bits per heavy atom. The van der Waals surface area contributed by atoms with Gasteiger partial charge in [-0.25, -0.2) is 14.1 Å². The highest BCUT2D eigenvalue weighted by Gasteiger charge is 2.52. The van der Waals surface area contributed by atoms with Crippen LogP contribution in [0.25, 0.3) is 0 Å². The minimum atomic E-state index is -0.874. The summed E-state index contributed by atoms with van der Waals surface area (Å²) in [6, 6.07) is 3.39. The van der Waals surface area contributed by atoms with Crippen LogP contribution in [0, 0.1) is 18.3 Å². The van der Waals surface area contributed by atoms with Gasteiger partial charge in [0, 0.05) is 12.1 Å². The lowest BCUT2D eigenvalue weighted by Crippen LogP contribution is -2.36. The van der Waals surface area contributed by atoms with Gasteiger partial charge in [-0.2, -0.15) is 5.26 Å². The minimum absolute atomic E-state index is 0.174. The van der Waals surface area contributed by atoms with E-state index in [1.165, 1.54) is 17.0 Å². The number of amides is 3. The Balaban J connectivity index is 2.08. The summed E-state index contributed by atoms with van der Waals surface area (Å²) in [5, 5.41) is 18.9. The van der Waals surface area contributed by atoms with Crippen LogP contribution in [0.3, 0.4) is 0 Å².